The van der Waals surface area contributed by atoms with E-state index < -0.39 is 6.04 Å². The van der Waals surface area contributed by atoms with Gasteiger partial charge in [-0.05, 0) is 73.0 Å². The first-order valence-electron chi connectivity index (χ1n) is 11.4. The van der Waals surface area contributed by atoms with E-state index >= 15 is 0 Å². The molecule has 182 valence electrons. The van der Waals surface area contributed by atoms with Crippen LogP contribution in [0.3, 0.4) is 0 Å². The molecule has 0 fully saturated rings. The zero-order valence-corrected chi connectivity index (χ0v) is 21.7. The van der Waals surface area contributed by atoms with Crippen molar-refractivity contribution in [3.8, 4) is 11.5 Å². The van der Waals surface area contributed by atoms with Gasteiger partial charge < -0.3 is 13.9 Å². The minimum absolute atomic E-state index is 0.0479. The Morgan fingerprint density at radius 3 is 2.56 bits per heavy atom. The summed E-state index contributed by atoms with van der Waals surface area (Å²) < 4.78 is 18.2. The van der Waals surface area contributed by atoms with Crippen molar-refractivity contribution < 1.29 is 18.7 Å². The Morgan fingerprint density at radius 2 is 1.83 bits per heavy atom. The highest BCUT2D eigenvalue weighted by Gasteiger charge is 2.44. The molecule has 3 aromatic carbocycles. The Morgan fingerprint density at radius 1 is 1.06 bits per heavy atom. The van der Waals surface area contributed by atoms with E-state index in [1.807, 2.05) is 56.3 Å². The molecule has 1 aromatic heterocycles. The van der Waals surface area contributed by atoms with Crippen LogP contribution in [0.15, 0.2) is 80.9 Å². The predicted octanol–water partition coefficient (Wildman–Crippen LogP) is 6.50. The van der Waals surface area contributed by atoms with E-state index in [4.69, 9.17) is 13.9 Å². The van der Waals surface area contributed by atoms with E-state index in [2.05, 4.69) is 22.5 Å². The third-order valence-electron chi connectivity index (χ3n) is 6.43. The molecule has 1 aliphatic rings. The second kappa shape index (κ2) is 9.32. The van der Waals surface area contributed by atoms with Crippen molar-refractivity contribution >= 4 is 38.5 Å². The number of aryl methyl sites for hydroxylation is 2. The summed E-state index contributed by atoms with van der Waals surface area (Å²) >= 11 is 3.50. The summed E-state index contributed by atoms with van der Waals surface area (Å²) in [6.07, 6.45) is 1.65. The quantitative estimate of drug-likeness (QED) is 0.259. The zero-order valence-electron chi connectivity index (χ0n) is 20.1. The molecule has 4 aromatic rings. The molecular weight excluding hydrogens is 522 g/mol. The fourth-order valence-corrected chi connectivity index (χ4v) is 4.95. The minimum atomic E-state index is -0.716. The zero-order chi connectivity index (χ0) is 25.6. The summed E-state index contributed by atoms with van der Waals surface area (Å²) in [7, 11) is 1.55. The number of hydrogen-bond donors (Lipinski definition) is 0. The molecule has 0 saturated heterocycles. The number of methoxy groups -OCH3 is 1. The first-order valence-corrected chi connectivity index (χ1v) is 12.2. The van der Waals surface area contributed by atoms with Crippen LogP contribution in [-0.4, -0.2) is 19.6 Å². The van der Waals surface area contributed by atoms with E-state index in [0.717, 1.165) is 15.6 Å². The van der Waals surface area contributed by atoms with E-state index in [0.29, 0.717) is 45.9 Å². The fraction of sp³-hybridized carbons (Fsp3) is 0.172. The molecule has 36 heavy (non-hydrogen) atoms. The summed E-state index contributed by atoms with van der Waals surface area (Å²) in [5.41, 5.74) is 3.76. The second-order valence-electron chi connectivity index (χ2n) is 8.67. The molecule has 1 amide bonds. The van der Waals surface area contributed by atoms with Crippen LogP contribution in [0.5, 0.6) is 11.5 Å². The average Bonchev–Trinajstić information content (AvgIpc) is 3.16. The van der Waals surface area contributed by atoms with Crippen molar-refractivity contribution in [3.05, 3.63) is 110 Å². The number of anilines is 1. The molecule has 0 N–H and O–H groups in total. The number of halogens is 1. The van der Waals surface area contributed by atoms with Crippen LogP contribution in [0, 0.1) is 13.8 Å². The lowest BCUT2D eigenvalue weighted by Gasteiger charge is -2.26. The van der Waals surface area contributed by atoms with Crippen molar-refractivity contribution in [1.82, 2.24) is 0 Å². The van der Waals surface area contributed by atoms with Gasteiger partial charge in [0, 0.05) is 10.2 Å². The van der Waals surface area contributed by atoms with Gasteiger partial charge >= 0.3 is 0 Å². The van der Waals surface area contributed by atoms with E-state index in [1.54, 1.807) is 30.2 Å². The Labute approximate surface area is 216 Å². The second-order valence-corrected chi connectivity index (χ2v) is 9.59. The molecule has 6 nitrogen and oxygen atoms in total. The van der Waals surface area contributed by atoms with Crippen molar-refractivity contribution in [1.29, 1.82) is 0 Å². The highest BCUT2D eigenvalue weighted by atomic mass is 79.9. The lowest BCUT2D eigenvalue weighted by Crippen LogP contribution is -2.29. The van der Waals surface area contributed by atoms with Crippen LogP contribution in [0.1, 0.15) is 38.9 Å². The smallest absolute Gasteiger partial charge is 0.295 e. The van der Waals surface area contributed by atoms with Crippen LogP contribution in [0.25, 0.3) is 11.0 Å². The summed E-state index contributed by atoms with van der Waals surface area (Å²) in [5.74, 6) is 0.695. The molecule has 1 atom stereocenters. The fourth-order valence-electron chi connectivity index (χ4n) is 4.56. The van der Waals surface area contributed by atoms with Crippen LogP contribution >= 0.6 is 15.9 Å². The third-order valence-corrected chi connectivity index (χ3v) is 6.93. The Bertz CT molecular complexity index is 1590. The molecule has 0 radical (unpaired) electrons. The topological polar surface area (TPSA) is 69.0 Å². The van der Waals surface area contributed by atoms with E-state index in [1.165, 1.54) is 0 Å². The molecule has 0 bridgehead atoms. The van der Waals surface area contributed by atoms with Crippen LogP contribution in [0.4, 0.5) is 5.69 Å². The Balaban J connectivity index is 1.78. The van der Waals surface area contributed by atoms with Gasteiger partial charge in [-0.1, -0.05) is 40.7 Å². The number of ether oxygens (including phenoxy) is 2. The molecular formula is C29H24BrNO5. The first kappa shape index (κ1) is 23.9. The summed E-state index contributed by atoms with van der Waals surface area (Å²) in [6.45, 7) is 7.90. The molecule has 0 saturated carbocycles. The number of fused-ring (bicyclic) bond motifs is 2. The van der Waals surface area contributed by atoms with Crippen molar-refractivity contribution in [2.45, 2.75) is 19.9 Å². The van der Waals surface area contributed by atoms with Gasteiger partial charge in [0.2, 0.25) is 5.76 Å². The molecule has 0 spiro atoms. The van der Waals surface area contributed by atoms with Gasteiger partial charge in [-0.2, -0.15) is 0 Å². The first-order chi connectivity index (χ1) is 17.3. The highest BCUT2D eigenvalue weighted by Crippen LogP contribution is 2.43. The predicted molar refractivity (Wildman–Crippen MR) is 143 cm³/mol. The van der Waals surface area contributed by atoms with Gasteiger partial charge in [-0.15, -0.1) is 0 Å². The van der Waals surface area contributed by atoms with Gasteiger partial charge in [0.05, 0.1) is 24.1 Å². The molecule has 0 aliphatic carbocycles. The van der Waals surface area contributed by atoms with Gasteiger partial charge in [-0.3, -0.25) is 14.5 Å². The van der Waals surface area contributed by atoms with Gasteiger partial charge in [0.25, 0.3) is 5.91 Å². The maximum absolute atomic E-state index is 13.9. The number of carbonyl (C=O) groups excluding carboxylic acids is 1. The van der Waals surface area contributed by atoms with E-state index in [9.17, 15) is 9.59 Å². The average molecular weight is 546 g/mol. The number of benzene rings is 3. The van der Waals surface area contributed by atoms with Crippen LogP contribution in [0.2, 0.25) is 0 Å². The van der Waals surface area contributed by atoms with Crippen LogP contribution in [-0.2, 0) is 0 Å². The number of rotatable bonds is 6. The van der Waals surface area contributed by atoms with Crippen molar-refractivity contribution in [2.75, 3.05) is 18.6 Å². The number of carbonyl (C=O) groups is 1. The normalized spacial score (nSPS) is 14.7. The van der Waals surface area contributed by atoms with Gasteiger partial charge in [0.15, 0.2) is 16.9 Å². The van der Waals surface area contributed by atoms with E-state index in [-0.39, 0.29) is 17.1 Å². The van der Waals surface area contributed by atoms with Gasteiger partial charge in [-0.25, -0.2) is 0 Å². The lowest BCUT2D eigenvalue weighted by atomic mass is 9.97. The lowest BCUT2D eigenvalue weighted by molar-refractivity contribution is 0.0971. The Hall–Kier alpha value is -3.84. The standard InChI is InChI=1S/C29H24BrNO5/c1-5-11-35-22-10-9-18(14-24(22)34-4)26-25-27(32)21-12-16(2)17(3)13-23(21)36-28(25)29(33)31(26)20-8-6-7-19(30)15-20/h5-10,12-15,26H,1,11H2,2-4H3. The largest absolute Gasteiger partial charge is 0.493 e. The summed E-state index contributed by atoms with van der Waals surface area (Å²) in [5, 5.41) is 0.448. The van der Waals surface area contributed by atoms with Crippen LogP contribution < -0.4 is 19.8 Å². The molecule has 1 aliphatic heterocycles. The minimum Gasteiger partial charge on any atom is -0.493 e. The summed E-state index contributed by atoms with van der Waals surface area (Å²) in [6, 6.07) is 15.7. The molecule has 1 unspecified atom stereocenters. The van der Waals surface area contributed by atoms with Crippen molar-refractivity contribution in [3.63, 3.8) is 0 Å². The number of hydrogen-bond acceptors (Lipinski definition) is 5. The highest BCUT2D eigenvalue weighted by molar-refractivity contribution is 9.10. The summed E-state index contributed by atoms with van der Waals surface area (Å²) in [4.78, 5) is 29.3. The maximum Gasteiger partial charge on any atom is 0.295 e. The molecule has 7 heteroatoms. The third kappa shape index (κ3) is 3.89. The maximum atomic E-state index is 13.9. The van der Waals surface area contributed by atoms with Gasteiger partial charge in [0.1, 0.15) is 12.2 Å². The number of amides is 1. The molecule has 5 rings (SSSR count). The molecule has 2 heterocycles. The number of nitrogens with zero attached hydrogens (tertiary/aromatic N) is 1. The SMILES string of the molecule is C=CCOc1ccc(C2c3c(oc4cc(C)c(C)cc4c3=O)C(=O)N2c2cccc(Br)c2)cc1OC. The van der Waals surface area contributed by atoms with Crippen molar-refractivity contribution in [2.24, 2.45) is 0 Å². The Kier molecular flexibility index (Phi) is 6.18. The monoisotopic (exact) mass is 545 g/mol.